The number of ether oxygens (including phenoxy) is 1. The third-order valence-corrected chi connectivity index (χ3v) is 4.10. The van der Waals surface area contributed by atoms with Crippen molar-refractivity contribution in [3.05, 3.63) is 24.3 Å². The van der Waals surface area contributed by atoms with Crippen molar-refractivity contribution < 1.29 is 9.53 Å². The summed E-state index contributed by atoms with van der Waals surface area (Å²) < 4.78 is 5.91. The number of amides is 1. The summed E-state index contributed by atoms with van der Waals surface area (Å²) in [6.07, 6.45) is 9.94. The van der Waals surface area contributed by atoms with Crippen molar-refractivity contribution in [1.82, 2.24) is 0 Å². The Bertz CT molecular complexity index is 439. The Hall–Kier alpha value is -1.55. The highest BCUT2D eigenvalue weighted by molar-refractivity contribution is 5.90. The van der Waals surface area contributed by atoms with Crippen LogP contribution < -0.4 is 15.8 Å². The molecule has 22 heavy (non-hydrogen) atoms. The summed E-state index contributed by atoms with van der Waals surface area (Å²) in [6, 6.07) is 7.71. The zero-order valence-electron chi connectivity index (χ0n) is 13.4. The van der Waals surface area contributed by atoms with E-state index in [0.717, 1.165) is 56.5 Å². The zero-order chi connectivity index (χ0) is 15.6. The van der Waals surface area contributed by atoms with Crippen LogP contribution in [-0.2, 0) is 4.79 Å². The third kappa shape index (κ3) is 6.06. The lowest BCUT2D eigenvalue weighted by Gasteiger charge is -2.13. The first-order valence-electron chi connectivity index (χ1n) is 8.54. The van der Waals surface area contributed by atoms with Gasteiger partial charge in [0.2, 0.25) is 5.91 Å². The fourth-order valence-electron chi connectivity index (χ4n) is 2.82. The van der Waals surface area contributed by atoms with Crippen molar-refractivity contribution in [2.24, 2.45) is 5.73 Å². The van der Waals surface area contributed by atoms with E-state index in [4.69, 9.17) is 10.5 Å². The van der Waals surface area contributed by atoms with Gasteiger partial charge in [0.15, 0.2) is 0 Å². The molecule has 1 aromatic rings. The highest BCUT2D eigenvalue weighted by Gasteiger charge is 2.16. The first-order chi connectivity index (χ1) is 10.8. The van der Waals surface area contributed by atoms with Gasteiger partial charge >= 0.3 is 0 Å². The van der Waals surface area contributed by atoms with Crippen LogP contribution in [0.15, 0.2) is 24.3 Å². The minimum Gasteiger partial charge on any atom is -0.490 e. The number of rotatable bonds is 9. The molecule has 0 aliphatic heterocycles. The summed E-state index contributed by atoms with van der Waals surface area (Å²) in [6.45, 7) is 0.738. The normalized spacial score (nSPS) is 15.0. The maximum atomic E-state index is 11.8. The van der Waals surface area contributed by atoms with E-state index >= 15 is 0 Å². The van der Waals surface area contributed by atoms with Crippen LogP contribution in [0.25, 0.3) is 0 Å². The van der Waals surface area contributed by atoms with Gasteiger partial charge in [-0.15, -0.1) is 0 Å². The first-order valence-corrected chi connectivity index (χ1v) is 8.54. The predicted molar refractivity (Wildman–Crippen MR) is 90.1 cm³/mol. The van der Waals surface area contributed by atoms with Crippen molar-refractivity contribution in [3.8, 4) is 5.75 Å². The number of hydrogen-bond donors (Lipinski definition) is 2. The molecular formula is C18H28N2O2. The van der Waals surface area contributed by atoms with Crippen LogP contribution in [0.2, 0.25) is 0 Å². The Labute approximate surface area is 133 Å². The van der Waals surface area contributed by atoms with E-state index in [1.807, 2.05) is 24.3 Å². The summed E-state index contributed by atoms with van der Waals surface area (Å²) in [4.78, 5) is 11.8. The molecule has 4 nitrogen and oxygen atoms in total. The van der Waals surface area contributed by atoms with Crippen LogP contribution in [0.1, 0.15) is 57.8 Å². The largest absolute Gasteiger partial charge is 0.490 e. The molecule has 0 radical (unpaired) electrons. The van der Waals surface area contributed by atoms with Crippen LogP contribution in [0, 0.1) is 0 Å². The molecule has 0 saturated heterocycles. The highest BCUT2D eigenvalue weighted by Crippen LogP contribution is 2.25. The number of nitrogens with one attached hydrogen (secondary N) is 1. The molecule has 1 amide bonds. The second-order valence-corrected chi connectivity index (χ2v) is 6.05. The number of unbranched alkanes of at least 4 members (excludes halogenated alkanes) is 3. The summed E-state index contributed by atoms with van der Waals surface area (Å²) in [5.41, 5.74) is 6.29. The van der Waals surface area contributed by atoms with Crippen LogP contribution in [-0.4, -0.2) is 18.6 Å². The van der Waals surface area contributed by atoms with E-state index in [-0.39, 0.29) is 5.91 Å². The van der Waals surface area contributed by atoms with Gasteiger partial charge in [0.05, 0.1) is 6.10 Å². The van der Waals surface area contributed by atoms with Crippen molar-refractivity contribution in [1.29, 1.82) is 0 Å². The Balaban J connectivity index is 1.67. The van der Waals surface area contributed by atoms with Gasteiger partial charge in [0.1, 0.15) is 5.75 Å². The Morgan fingerprint density at radius 1 is 1.09 bits per heavy atom. The van der Waals surface area contributed by atoms with Crippen molar-refractivity contribution in [3.63, 3.8) is 0 Å². The van der Waals surface area contributed by atoms with Crippen molar-refractivity contribution in [2.45, 2.75) is 63.9 Å². The zero-order valence-corrected chi connectivity index (χ0v) is 13.4. The summed E-state index contributed by atoms with van der Waals surface area (Å²) in [7, 11) is 0. The molecular weight excluding hydrogens is 276 g/mol. The minimum absolute atomic E-state index is 0.0807. The van der Waals surface area contributed by atoms with Gasteiger partial charge in [-0.25, -0.2) is 0 Å². The molecule has 1 fully saturated rings. The molecule has 122 valence electrons. The van der Waals surface area contributed by atoms with E-state index in [1.165, 1.54) is 12.8 Å². The van der Waals surface area contributed by atoms with Crippen LogP contribution in [0.4, 0.5) is 5.69 Å². The molecule has 0 heterocycles. The highest BCUT2D eigenvalue weighted by atomic mass is 16.5. The van der Waals surface area contributed by atoms with Gasteiger partial charge < -0.3 is 15.8 Å². The topological polar surface area (TPSA) is 64.4 Å². The van der Waals surface area contributed by atoms with E-state index in [1.54, 1.807) is 0 Å². The summed E-state index contributed by atoms with van der Waals surface area (Å²) >= 11 is 0. The predicted octanol–water partition coefficient (Wildman–Crippen LogP) is 3.86. The number of carbonyl (C=O) groups excluding carboxylic acids is 1. The summed E-state index contributed by atoms with van der Waals surface area (Å²) in [5, 5.41) is 2.93. The number of benzene rings is 1. The number of nitrogens with two attached hydrogens (primary N) is 1. The van der Waals surface area contributed by atoms with Gasteiger partial charge in [-0.2, -0.15) is 0 Å². The van der Waals surface area contributed by atoms with E-state index in [0.29, 0.717) is 12.5 Å². The van der Waals surface area contributed by atoms with Crippen LogP contribution in [0.3, 0.4) is 0 Å². The Morgan fingerprint density at radius 2 is 1.77 bits per heavy atom. The van der Waals surface area contributed by atoms with E-state index in [9.17, 15) is 4.79 Å². The maximum absolute atomic E-state index is 11.8. The Kier molecular flexibility index (Phi) is 7.23. The fraction of sp³-hybridized carbons (Fsp3) is 0.611. The molecule has 1 aliphatic rings. The lowest BCUT2D eigenvalue weighted by molar-refractivity contribution is -0.116. The van der Waals surface area contributed by atoms with Crippen molar-refractivity contribution >= 4 is 11.6 Å². The molecule has 3 N–H and O–H groups in total. The van der Waals surface area contributed by atoms with Gasteiger partial charge in [0, 0.05) is 12.1 Å². The smallest absolute Gasteiger partial charge is 0.224 e. The second-order valence-electron chi connectivity index (χ2n) is 6.05. The number of anilines is 1. The average Bonchev–Trinajstić information content (AvgIpc) is 3.02. The molecule has 0 bridgehead atoms. The molecule has 1 saturated carbocycles. The average molecular weight is 304 g/mol. The van der Waals surface area contributed by atoms with E-state index < -0.39 is 0 Å². The lowest BCUT2D eigenvalue weighted by atomic mass is 10.1. The minimum atomic E-state index is 0.0807. The SMILES string of the molecule is NCCCCCCC(=O)Nc1ccc(OC2CCCC2)cc1. The molecule has 2 rings (SSSR count). The molecule has 0 spiro atoms. The first kappa shape index (κ1) is 16.8. The standard InChI is InChI=1S/C18H28N2O2/c19-14-6-2-1-3-9-18(21)20-15-10-12-17(13-11-15)22-16-7-4-5-8-16/h10-13,16H,1-9,14,19H2,(H,20,21). The lowest BCUT2D eigenvalue weighted by Crippen LogP contribution is -2.12. The van der Waals surface area contributed by atoms with Crippen molar-refractivity contribution in [2.75, 3.05) is 11.9 Å². The number of carbonyl (C=O) groups is 1. The molecule has 1 aromatic carbocycles. The van der Waals surface area contributed by atoms with Gasteiger partial charge in [-0.05, 0) is 69.3 Å². The molecule has 0 aromatic heterocycles. The maximum Gasteiger partial charge on any atom is 0.224 e. The summed E-state index contributed by atoms with van der Waals surface area (Å²) in [5.74, 6) is 0.976. The quantitative estimate of drug-likeness (QED) is 0.681. The van der Waals surface area contributed by atoms with Gasteiger partial charge in [0.25, 0.3) is 0 Å². The fourth-order valence-corrected chi connectivity index (χ4v) is 2.82. The van der Waals surface area contributed by atoms with Gasteiger partial charge in [-0.3, -0.25) is 4.79 Å². The Morgan fingerprint density at radius 3 is 2.45 bits per heavy atom. The van der Waals surface area contributed by atoms with Crippen LogP contribution in [0.5, 0.6) is 5.75 Å². The monoisotopic (exact) mass is 304 g/mol. The van der Waals surface area contributed by atoms with Gasteiger partial charge in [-0.1, -0.05) is 12.8 Å². The molecule has 4 heteroatoms. The molecule has 1 aliphatic carbocycles. The third-order valence-electron chi connectivity index (χ3n) is 4.10. The second kappa shape index (κ2) is 9.46. The molecule has 0 unspecified atom stereocenters. The molecule has 0 atom stereocenters. The van der Waals surface area contributed by atoms with Crippen LogP contribution >= 0.6 is 0 Å². The number of hydrogen-bond acceptors (Lipinski definition) is 3. The van der Waals surface area contributed by atoms with E-state index in [2.05, 4.69) is 5.32 Å².